The normalized spacial score (nSPS) is 11.1. The summed E-state index contributed by atoms with van der Waals surface area (Å²) in [6, 6.07) is 15.1. The predicted molar refractivity (Wildman–Crippen MR) is 133 cm³/mol. The van der Waals surface area contributed by atoms with Crippen LogP contribution in [0.4, 0.5) is 23.7 Å². The summed E-state index contributed by atoms with van der Waals surface area (Å²) in [5.74, 6) is -1.67. The van der Waals surface area contributed by atoms with Gasteiger partial charge in [0, 0.05) is 42.3 Å². The third kappa shape index (κ3) is 5.96. The monoisotopic (exact) mass is 509 g/mol. The van der Waals surface area contributed by atoms with E-state index in [9.17, 15) is 13.6 Å². The number of amides is 2. The van der Waals surface area contributed by atoms with Crippen LogP contribution in [0, 0.1) is 5.82 Å². The van der Waals surface area contributed by atoms with Crippen LogP contribution in [0.3, 0.4) is 0 Å². The number of urea groups is 1. The molecular weight excluding hydrogens is 483 g/mol. The van der Waals surface area contributed by atoms with Crippen molar-refractivity contribution in [2.75, 3.05) is 18.0 Å². The number of hydrogen-bond acceptors (Lipinski definition) is 5. The topological polar surface area (TPSA) is 75.4 Å². The Hall–Kier alpha value is -4.21. The number of halogens is 3. The molecule has 0 saturated carbocycles. The summed E-state index contributed by atoms with van der Waals surface area (Å²) in [5, 5.41) is 6.84. The highest BCUT2D eigenvalue weighted by molar-refractivity contribution is 5.92. The smallest absolute Gasteiger partial charge is 0.324 e. The average molecular weight is 510 g/mol. The van der Waals surface area contributed by atoms with E-state index < -0.39 is 18.1 Å². The fourth-order valence-electron chi connectivity index (χ4n) is 3.90. The molecule has 0 saturated heterocycles. The second kappa shape index (κ2) is 11.7. The molecule has 192 valence electrons. The van der Waals surface area contributed by atoms with Crippen LogP contribution < -0.4 is 4.90 Å². The van der Waals surface area contributed by atoms with Crippen molar-refractivity contribution in [3.8, 4) is 22.6 Å². The van der Waals surface area contributed by atoms with E-state index in [1.807, 2.05) is 50.2 Å². The number of carbonyl (C=O) groups is 1. The van der Waals surface area contributed by atoms with E-state index in [0.717, 1.165) is 23.6 Å². The van der Waals surface area contributed by atoms with Gasteiger partial charge in [-0.2, -0.15) is 8.78 Å². The number of aromatic nitrogens is 3. The summed E-state index contributed by atoms with van der Waals surface area (Å²) < 4.78 is 45.6. The Balaban J connectivity index is 1.64. The van der Waals surface area contributed by atoms with Gasteiger partial charge in [-0.05, 0) is 60.9 Å². The Morgan fingerprint density at radius 2 is 1.62 bits per heavy atom. The predicted octanol–water partition coefficient (Wildman–Crippen LogP) is 6.73. The SMILES string of the molecule is CCCN(CC)C(=O)N(Cc1ccc(-c2nnc(C(F)F)o2)cc1F)c1ccc(-c2ccncc2)cc1. The van der Waals surface area contributed by atoms with Crippen molar-refractivity contribution in [2.24, 2.45) is 0 Å². The van der Waals surface area contributed by atoms with Gasteiger partial charge in [-0.1, -0.05) is 25.1 Å². The molecule has 0 unspecified atom stereocenters. The average Bonchev–Trinajstić information content (AvgIpc) is 3.42. The molecule has 0 atom stereocenters. The van der Waals surface area contributed by atoms with Crippen LogP contribution in [0.5, 0.6) is 0 Å². The van der Waals surface area contributed by atoms with Gasteiger partial charge >= 0.3 is 12.5 Å². The molecule has 2 heterocycles. The molecule has 2 aromatic heterocycles. The van der Waals surface area contributed by atoms with Crippen molar-refractivity contribution in [3.63, 3.8) is 0 Å². The molecule has 2 aromatic carbocycles. The molecule has 37 heavy (non-hydrogen) atoms. The maximum Gasteiger partial charge on any atom is 0.324 e. The number of carbonyl (C=O) groups excluding carboxylic acids is 1. The van der Waals surface area contributed by atoms with Crippen LogP contribution in [-0.4, -0.2) is 39.2 Å². The third-order valence-corrected chi connectivity index (χ3v) is 5.83. The fourth-order valence-corrected chi connectivity index (χ4v) is 3.90. The van der Waals surface area contributed by atoms with Gasteiger partial charge in [0.05, 0.1) is 6.54 Å². The minimum Gasteiger partial charge on any atom is -0.415 e. The first-order valence-corrected chi connectivity index (χ1v) is 11.9. The first kappa shape index (κ1) is 25.9. The Bertz CT molecular complexity index is 1330. The number of alkyl halides is 2. The molecule has 0 bridgehead atoms. The van der Waals surface area contributed by atoms with Gasteiger partial charge in [0.2, 0.25) is 5.89 Å². The van der Waals surface area contributed by atoms with Crippen LogP contribution in [0.15, 0.2) is 71.4 Å². The summed E-state index contributed by atoms with van der Waals surface area (Å²) in [7, 11) is 0. The van der Waals surface area contributed by atoms with E-state index in [4.69, 9.17) is 4.42 Å². The molecule has 10 heteroatoms. The van der Waals surface area contributed by atoms with Gasteiger partial charge < -0.3 is 9.32 Å². The Morgan fingerprint density at radius 3 is 2.22 bits per heavy atom. The second-order valence-corrected chi connectivity index (χ2v) is 8.28. The standard InChI is InChI=1S/C27H26F3N5O2/c1-3-15-34(4-2)27(36)35(22-9-7-18(8-10-22)19-11-13-31-14-12-19)17-21-6-5-20(16-23(21)28)25-32-33-26(37-25)24(29)30/h5-14,16,24H,3-4,15,17H2,1-2H3. The zero-order valence-electron chi connectivity index (χ0n) is 20.4. The number of pyridine rings is 1. The molecule has 2 amide bonds. The Kier molecular flexibility index (Phi) is 8.17. The lowest BCUT2D eigenvalue weighted by Gasteiger charge is -2.30. The minimum atomic E-state index is -2.92. The van der Waals surface area contributed by atoms with Gasteiger partial charge in [0.15, 0.2) is 0 Å². The largest absolute Gasteiger partial charge is 0.415 e. The Morgan fingerprint density at radius 1 is 0.946 bits per heavy atom. The maximum absolute atomic E-state index is 15.2. The lowest BCUT2D eigenvalue weighted by Crippen LogP contribution is -2.43. The molecule has 0 aliphatic heterocycles. The first-order chi connectivity index (χ1) is 17.9. The van der Waals surface area contributed by atoms with E-state index in [-0.39, 0.29) is 29.6 Å². The molecule has 0 spiro atoms. The molecule has 7 nitrogen and oxygen atoms in total. The number of nitrogens with zero attached hydrogens (tertiary/aromatic N) is 5. The highest BCUT2D eigenvalue weighted by Gasteiger charge is 2.23. The minimum absolute atomic E-state index is 0.0358. The molecule has 0 aliphatic carbocycles. The van der Waals surface area contributed by atoms with E-state index in [2.05, 4.69) is 15.2 Å². The molecule has 4 aromatic rings. The summed E-state index contributed by atoms with van der Waals surface area (Å²) in [5.41, 5.74) is 2.97. The highest BCUT2D eigenvalue weighted by atomic mass is 19.3. The van der Waals surface area contributed by atoms with Gasteiger partial charge in [-0.15, -0.1) is 10.2 Å². The van der Waals surface area contributed by atoms with Gasteiger partial charge in [0.1, 0.15) is 5.82 Å². The number of benzene rings is 2. The van der Waals surface area contributed by atoms with E-state index >= 15 is 4.39 Å². The van der Waals surface area contributed by atoms with Gasteiger partial charge in [0.25, 0.3) is 5.89 Å². The fraction of sp³-hybridized carbons (Fsp3) is 0.259. The third-order valence-electron chi connectivity index (χ3n) is 5.83. The summed E-state index contributed by atoms with van der Waals surface area (Å²) in [4.78, 5) is 20.8. The number of rotatable bonds is 9. The molecule has 0 aliphatic rings. The van der Waals surface area contributed by atoms with Crippen molar-refractivity contribution in [1.82, 2.24) is 20.1 Å². The highest BCUT2D eigenvalue weighted by Crippen LogP contribution is 2.28. The van der Waals surface area contributed by atoms with Crippen LogP contribution in [0.2, 0.25) is 0 Å². The van der Waals surface area contributed by atoms with Crippen molar-refractivity contribution in [2.45, 2.75) is 33.2 Å². The van der Waals surface area contributed by atoms with Crippen molar-refractivity contribution >= 4 is 11.7 Å². The summed E-state index contributed by atoms with van der Waals surface area (Å²) in [6.45, 7) is 4.91. The van der Waals surface area contributed by atoms with Crippen molar-refractivity contribution < 1.29 is 22.4 Å². The number of hydrogen-bond donors (Lipinski definition) is 0. The lowest BCUT2D eigenvalue weighted by atomic mass is 10.1. The summed E-state index contributed by atoms with van der Waals surface area (Å²) in [6.07, 6.45) is 1.28. The van der Waals surface area contributed by atoms with E-state index in [1.54, 1.807) is 17.3 Å². The van der Waals surface area contributed by atoms with Crippen LogP contribution in [0.1, 0.15) is 38.1 Å². The molecule has 0 fully saturated rings. The molecule has 4 rings (SSSR count). The van der Waals surface area contributed by atoms with Gasteiger partial charge in [-0.25, -0.2) is 9.18 Å². The first-order valence-electron chi connectivity index (χ1n) is 11.9. The zero-order valence-corrected chi connectivity index (χ0v) is 20.4. The van der Waals surface area contributed by atoms with Crippen LogP contribution in [0.25, 0.3) is 22.6 Å². The maximum atomic E-state index is 15.2. The lowest BCUT2D eigenvalue weighted by molar-refractivity contribution is 0.116. The summed E-state index contributed by atoms with van der Waals surface area (Å²) >= 11 is 0. The zero-order chi connectivity index (χ0) is 26.4. The molecular formula is C27H26F3N5O2. The quantitative estimate of drug-likeness (QED) is 0.250. The Labute approximate surface area is 212 Å². The van der Waals surface area contributed by atoms with Crippen molar-refractivity contribution in [1.29, 1.82) is 0 Å². The molecule has 0 N–H and O–H groups in total. The van der Waals surface area contributed by atoms with E-state index in [0.29, 0.717) is 18.8 Å². The molecule has 0 radical (unpaired) electrons. The van der Waals surface area contributed by atoms with Crippen LogP contribution in [-0.2, 0) is 6.54 Å². The van der Waals surface area contributed by atoms with Crippen molar-refractivity contribution in [3.05, 3.63) is 84.3 Å². The van der Waals surface area contributed by atoms with E-state index in [1.165, 1.54) is 17.0 Å². The van der Waals surface area contributed by atoms with Crippen LogP contribution >= 0.6 is 0 Å². The van der Waals surface area contributed by atoms with Gasteiger partial charge in [-0.3, -0.25) is 9.88 Å². The number of anilines is 1. The second-order valence-electron chi connectivity index (χ2n) is 8.28.